The Balaban J connectivity index is 1.85. The summed E-state index contributed by atoms with van der Waals surface area (Å²) >= 11 is 4.77. The van der Waals surface area contributed by atoms with Crippen molar-refractivity contribution < 1.29 is 9.53 Å². The number of benzene rings is 1. The predicted octanol–water partition coefficient (Wildman–Crippen LogP) is 4.26. The fraction of sp³-hybridized carbons (Fsp3) is 0.0833. The maximum Gasteiger partial charge on any atom is 0.412 e. The highest BCUT2D eigenvalue weighted by molar-refractivity contribution is 9.10. The number of halogens is 1. The van der Waals surface area contributed by atoms with Gasteiger partial charge in [-0.25, -0.2) is 4.79 Å². The van der Waals surface area contributed by atoms with Gasteiger partial charge in [-0.3, -0.25) is 5.32 Å². The molecule has 0 unspecified atom stereocenters. The number of thiophene rings is 1. The van der Waals surface area contributed by atoms with E-state index >= 15 is 0 Å². The third-order valence-electron chi connectivity index (χ3n) is 2.05. The second-order valence-corrected chi connectivity index (χ2v) is 5.05. The molecule has 0 atom stereocenters. The first kappa shape index (κ1) is 12.1. The average molecular weight is 312 g/mol. The topological polar surface area (TPSA) is 38.3 Å². The van der Waals surface area contributed by atoms with Gasteiger partial charge in [-0.2, -0.15) is 0 Å². The molecule has 1 N–H and O–H groups in total. The summed E-state index contributed by atoms with van der Waals surface area (Å²) in [5.41, 5.74) is 0.966. The second kappa shape index (κ2) is 5.84. The minimum Gasteiger partial charge on any atom is -0.444 e. The van der Waals surface area contributed by atoms with Crippen molar-refractivity contribution in [2.45, 2.75) is 6.61 Å². The molecule has 2 aromatic rings. The molecule has 3 nitrogen and oxygen atoms in total. The molecule has 0 aliphatic rings. The van der Waals surface area contributed by atoms with Crippen molar-refractivity contribution >= 4 is 38.4 Å². The molecule has 1 aromatic carbocycles. The fourth-order valence-electron chi connectivity index (χ4n) is 1.23. The van der Waals surface area contributed by atoms with Gasteiger partial charge in [0.25, 0.3) is 0 Å². The molecule has 2 rings (SSSR count). The molecule has 0 aliphatic carbocycles. The molecule has 1 heterocycles. The summed E-state index contributed by atoms with van der Waals surface area (Å²) in [6.07, 6.45) is -0.447. The average Bonchev–Trinajstić information content (AvgIpc) is 2.74. The lowest BCUT2D eigenvalue weighted by Gasteiger charge is -2.05. The van der Waals surface area contributed by atoms with Gasteiger partial charge >= 0.3 is 6.09 Å². The van der Waals surface area contributed by atoms with Gasteiger partial charge in [0.2, 0.25) is 0 Å². The molecule has 5 heteroatoms. The van der Waals surface area contributed by atoms with E-state index < -0.39 is 6.09 Å². The number of carbonyl (C=O) groups is 1. The number of nitrogens with one attached hydrogen (secondary N) is 1. The highest BCUT2D eigenvalue weighted by atomic mass is 79.9. The summed E-state index contributed by atoms with van der Waals surface area (Å²) in [6, 6.07) is 11.4. The fourth-order valence-corrected chi connectivity index (χ4v) is 2.58. The van der Waals surface area contributed by atoms with Gasteiger partial charge in [-0.15, -0.1) is 11.3 Å². The molecule has 0 radical (unpaired) electrons. The number of carbonyl (C=O) groups excluding carboxylic acids is 1. The third-order valence-corrected chi connectivity index (χ3v) is 3.80. The Hall–Kier alpha value is -1.33. The zero-order valence-electron chi connectivity index (χ0n) is 8.85. The van der Waals surface area contributed by atoms with Crippen LogP contribution in [-0.2, 0) is 11.3 Å². The standard InChI is InChI=1S/C12H10BrNO2S/c13-10-6-7-17-11(10)14-12(15)16-8-9-4-2-1-3-5-9/h1-7H,8H2,(H,14,15). The lowest BCUT2D eigenvalue weighted by Crippen LogP contribution is -2.12. The number of hydrogen-bond donors (Lipinski definition) is 1. The largest absolute Gasteiger partial charge is 0.444 e. The van der Waals surface area contributed by atoms with Crippen molar-refractivity contribution in [2.24, 2.45) is 0 Å². The van der Waals surface area contributed by atoms with E-state index in [1.54, 1.807) is 0 Å². The Kier molecular flexibility index (Phi) is 4.17. The van der Waals surface area contributed by atoms with Crippen LogP contribution < -0.4 is 5.32 Å². The van der Waals surface area contributed by atoms with Gasteiger partial charge in [0, 0.05) is 0 Å². The van der Waals surface area contributed by atoms with Crippen LogP contribution in [0.1, 0.15) is 5.56 Å². The molecule has 0 bridgehead atoms. The van der Waals surface area contributed by atoms with Crippen LogP contribution in [0.4, 0.5) is 9.80 Å². The highest BCUT2D eigenvalue weighted by Gasteiger charge is 2.07. The Bertz CT molecular complexity index is 498. The minimum absolute atomic E-state index is 0.273. The first-order valence-corrected chi connectivity index (χ1v) is 6.63. The molecule has 0 fully saturated rings. The number of anilines is 1. The van der Waals surface area contributed by atoms with Gasteiger partial charge in [-0.1, -0.05) is 30.3 Å². The van der Waals surface area contributed by atoms with E-state index in [1.807, 2.05) is 41.8 Å². The molecular weight excluding hydrogens is 302 g/mol. The SMILES string of the molecule is O=C(Nc1sccc1Br)OCc1ccccc1. The summed E-state index contributed by atoms with van der Waals surface area (Å²) < 4.78 is 5.95. The number of rotatable bonds is 3. The Morgan fingerprint density at radius 3 is 2.71 bits per heavy atom. The van der Waals surface area contributed by atoms with Gasteiger partial charge < -0.3 is 4.74 Å². The highest BCUT2D eigenvalue weighted by Crippen LogP contribution is 2.28. The van der Waals surface area contributed by atoms with E-state index in [1.165, 1.54) is 11.3 Å². The van der Waals surface area contributed by atoms with Gasteiger partial charge in [0.15, 0.2) is 0 Å². The maximum absolute atomic E-state index is 11.5. The minimum atomic E-state index is -0.447. The molecule has 17 heavy (non-hydrogen) atoms. The Morgan fingerprint density at radius 2 is 2.06 bits per heavy atom. The summed E-state index contributed by atoms with van der Waals surface area (Å²) in [4.78, 5) is 11.5. The van der Waals surface area contributed by atoms with E-state index in [0.29, 0.717) is 0 Å². The Morgan fingerprint density at radius 1 is 1.29 bits per heavy atom. The number of hydrogen-bond acceptors (Lipinski definition) is 3. The van der Waals surface area contributed by atoms with Gasteiger partial charge in [0.05, 0.1) is 4.47 Å². The normalized spacial score (nSPS) is 9.94. The summed E-state index contributed by atoms with van der Waals surface area (Å²) in [5.74, 6) is 0. The van der Waals surface area contributed by atoms with Crippen LogP contribution in [0.5, 0.6) is 0 Å². The van der Waals surface area contributed by atoms with Crippen LogP contribution in [0, 0.1) is 0 Å². The van der Waals surface area contributed by atoms with Crippen molar-refractivity contribution in [2.75, 3.05) is 5.32 Å². The lowest BCUT2D eigenvalue weighted by atomic mass is 10.2. The summed E-state index contributed by atoms with van der Waals surface area (Å²) in [7, 11) is 0. The molecule has 0 saturated heterocycles. The van der Waals surface area contributed by atoms with Crippen LogP contribution in [0.25, 0.3) is 0 Å². The number of ether oxygens (including phenoxy) is 1. The predicted molar refractivity (Wildman–Crippen MR) is 72.3 cm³/mol. The van der Waals surface area contributed by atoms with E-state index in [9.17, 15) is 4.79 Å². The maximum atomic E-state index is 11.5. The van der Waals surface area contributed by atoms with E-state index in [-0.39, 0.29) is 6.61 Å². The van der Waals surface area contributed by atoms with Crippen LogP contribution >= 0.6 is 27.3 Å². The van der Waals surface area contributed by atoms with E-state index in [4.69, 9.17) is 4.74 Å². The van der Waals surface area contributed by atoms with Crippen molar-refractivity contribution in [1.29, 1.82) is 0 Å². The van der Waals surface area contributed by atoms with Crippen LogP contribution in [-0.4, -0.2) is 6.09 Å². The molecule has 0 aliphatic heterocycles. The zero-order valence-corrected chi connectivity index (χ0v) is 11.3. The van der Waals surface area contributed by atoms with Crippen molar-refractivity contribution in [1.82, 2.24) is 0 Å². The zero-order chi connectivity index (χ0) is 12.1. The molecule has 88 valence electrons. The lowest BCUT2D eigenvalue weighted by molar-refractivity contribution is 0.155. The van der Waals surface area contributed by atoms with Crippen molar-refractivity contribution in [3.63, 3.8) is 0 Å². The monoisotopic (exact) mass is 311 g/mol. The summed E-state index contributed by atoms with van der Waals surface area (Å²) in [6.45, 7) is 0.273. The molecule has 0 spiro atoms. The first-order chi connectivity index (χ1) is 8.25. The van der Waals surface area contributed by atoms with Crippen LogP contribution in [0.2, 0.25) is 0 Å². The van der Waals surface area contributed by atoms with Crippen molar-refractivity contribution in [3.05, 3.63) is 51.8 Å². The molecule has 0 saturated carbocycles. The quantitative estimate of drug-likeness (QED) is 0.919. The van der Waals surface area contributed by atoms with E-state index in [2.05, 4.69) is 21.2 Å². The smallest absolute Gasteiger partial charge is 0.412 e. The van der Waals surface area contributed by atoms with Crippen molar-refractivity contribution in [3.8, 4) is 0 Å². The van der Waals surface area contributed by atoms with Crippen LogP contribution in [0.3, 0.4) is 0 Å². The molecule has 1 amide bonds. The Labute approximate surface area is 112 Å². The van der Waals surface area contributed by atoms with E-state index in [0.717, 1.165) is 15.0 Å². The third kappa shape index (κ3) is 3.57. The summed E-state index contributed by atoms with van der Waals surface area (Å²) in [5, 5.41) is 5.31. The molecule has 1 aromatic heterocycles. The van der Waals surface area contributed by atoms with Gasteiger partial charge in [0.1, 0.15) is 11.6 Å². The van der Waals surface area contributed by atoms with Crippen LogP contribution in [0.15, 0.2) is 46.3 Å². The molecular formula is C12H10BrNO2S. The van der Waals surface area contributed by atoms with Gasteiger partial charge in [-0.05, 0) is 32.9 Å². The first-order valence-electron chi connectivity index (χ1n) is 4.96. The number of amides is 1. The second-order valence-electron chi connectivity index (χ2n) is 3.28.